The number of hydrogen-bond donors (Lipinski definition) is 0. The standard InChI is InChI=1S/C24H26NO5S.3C4H9.Sn/c1-29-20-9-6-18(23(15-20)30-2)16-25-19(8-14-24(25)26)7-3-17-4-10-21(11-5-17)31(27,28)22-12-13-22;3*1-3-4-2;/h4-7,9-11,15,19,22H,8,12-14,16H2,1-2H3;3*1,3-4H2,2H3;/t19-;;;;/m0..../s1. The minimum absolute atomic E-state index is 0.000126. The van der Waals surface area contributed by atoms with Crippen LogP contribution in [0.2, 0.25) is 13.3 Å². The molecule has 0 unspecified atom stereocenters. The number of hydrogen-bond acceptors (Lipinski definition) is 5. The molecule has 0 bridgehead atoms. The van der Waals surface area contributed by atoms with Crippen LogP contribution >= 0.6 is 0 Å². The average molecular weight is 731 g/mol. The van der Waals surface area contributed by atoms with Crippen LogP contribution in [0, 0.1) is 0 Å². The van der Waals surface area contributed by atoms with Gasteiger partial charge >= 0.3 is 272 Å². The van der Waals surface area contributed by atoms with Crippen LogP contribution in [0.1, 0.15) is 96.1 Å². The van der Waals surface area contributed by atoms with Crippen molar-refractivity contribution >= 4 is 37.7 Å². The Balaban J connectivity index is 1.80. The number of rotatable bonds is 18. The van der Waals surface area contributed by atoms with Gasteiger partial charge in [0.25, 0.3) is 0 Å². The van der Waals surface area contributed by atoms with Gasteiger partial charge < -0.3 is 0 Å². The molecule has 2 fully saturated rings. The van der Waals surface area contributed by atoms with Crippen LogP contribution in [0.25, 0.3) is 3.59 Å². The van der Waals surface area contributed by atoms with Crippen molar-refractivity contribution in [2.24, 2.45) is 0 Å². The maximum absolute atomic E-state index is 13.4. The second-order valence-electron chi connectivity index (χ2n) is 12.7. The van der Waals surface area contributed by atoms with E-state index in [1.807, 2.05) is 35.2 Å². The molecule has 44 heavy (non-hydrogen) atoms. The topological polar surface area (TPSA) is 72.9 Å². The number of amides is 1. The summed E-state index contributed by atoms with van der Waals surface area (Å²) in [6.45, 7) is 7.35. The zero-order valence-corrected chi connectivity index (χ0v) is 31.2. The Morgan fingerprint density at radius 3 is 2.02 bits per heavy atom. The first-order valence-corrected chi connectivity index (χ1v) is 25.8. The van der Waals surface area contributed by atoms with E-state index in [-0.39, 0.29) is 17.2 Å². The summed E-state index contributed by atoms with van der Waals surface area (Å²) in [6, 6.07) is 13.7. The summed E-state index contributed by atoms with van der Waals surface area (Å²) in [5.41, 5.74) is 2.15. The maximum atomic E-state index is 13.4. The first kappa shape index (κ1) is 34.9. The molecule has 1 aliphatic carbocycles. The fourth-order valence-electron chi connectivity index (χ4n) is 6.79. The molecule has 1 saturated heterocycles. The molecule has 0 aromatic heterocycles. The van der Waals surface area contributed by atoms with E-state index in [0.717, 1.165) is 36.3 Å². The molecule has 2 aliphatic rings. The Labute approximate surface area is 270 Å². The molecule has 1 heterocycles. The fraction of sp³-hybridized carbons (Fsp3) is 0.583. The average Bonchev–Trinajstić information content (AvgIpc) is 3.86. The van der Waals surface area contributed by atoms with Crippen molar-refractivity contribution in [2.45, 2.75) is 121 Å². The predicted octanol–water partition coefficient (Wildman–Crippen LogP) is 8.60. The van der Waals surface area contributed by atoms with Gasteiger partial charge in [-0.15, -0.1) is 0 Å². The van der Waals surface area contributed by atoms with Crippen LogP contribution in [0.5, 0.6) is 11.5 Å². The second-order valence-corrected chi connectivity index (χ2v) is 28.1. The summed E-state index contributed by atoms with van der Waals surface area (Å²) in [5, 5.41) is -0.215. The van der Waals surface area contributed by atoms with Crippen molar-refractivity contribution < 1.29 is 22.7 Å². The zero-order chi connectivity index (χ0) is 31.7. The Bertz CT molecular complexity index is 1360. The van der Waals surface area contributed by atoms with Gasteiger partial charge in [0.15, 0.2) is 0 Å². The van der Waals surface area contributed by atoms with Crippen molar-refractivity contribution in [1.82, 2.24) is 4.90 Å². The fourth-order valence-corrected chi connectivity index (χ4v) is 25.5. The molecule has 0 spiro atoms. The van der Waals surface area contributed by atoms with Gasteiger partial charge in [-0.25, -0.2) is 0 Å². The third-order valence-electron chi connectivity index (χ3n) is 9.62. The van der Waals surface area contributed by atoms with Crippen LogP contribution in [0.15, 0.2) is 53.4 Å². The molecule has 242 valence electrons. The summed E-state index contributed by atoms with van der Waals surface area (Å²) in [7, 11) is 0.0517. The molecular formula is C36H53NO5SSn. The number of likely N-dealkylation sites (tertiary alicyclic amines) is 1. The van der Waals surface area contributed by atoms with Gasteiger partial charge in [-0.3, -0.25) is 0 Å². The molecule has 1 aliphatic heterocycles. The van der Waals surface area contributed by atoms with E-state index in [2.05, 4.69) is 39.0 Å². The van der Waals surface area contributed by atoms with E-state index in [9.17, 15) is 13.2 Å². The van der Waals surface area contributed by atoms with Crippen LogP contribution in [-0.4, -0.2) is 63.1 Å². The van der Waals surface area contributed by atoms with E-state index >= 15 is 0 Å². The molecule has 1 saturated carbocycles. The van der Waals surface area contributed by atoms with Crippen LogP contribution < -0.4 is 9.47 Å². The molecular weight excluding hydrogens is 677 g/mol. The number of carbonyl (C=O) groups is 1. The summed E-state index contributed by atoms with van der Waals surface area (Å²) >= 11 is -3.02. The second kappa shape index (κ2) is 16.0. The summed E-state index contributed by atoms with van der Waals surface area (Å²) in [5.74, 6) is 1.62. The van der Waals surface area contributed by atoms with Crippen LogP contribution in [0.3, 0.4) is 0 Å². The molecule has 8 heteroatoms. The summed E-state index contributed by atoms with van der Waals surface area (Å²) in [6.07, 6.45) is 12.6. The Kier molecular flexibility index (Phi) is 12.7. The third kappa shape index (κ3) is 8.23. The number of unbranched alkanes of at least 4 members (excludes halogenated alkanes) is 3. The number of nitrogens with zero attached hydrogens (tertiary/aromatic N) is 1. The first-order valence-electron chi connectivity index (χ1n) is 16.8. The van der Waals surface area contributed by atoms with E-state index in [1.165, 1.54) is 61.0 Å². The Morgan fingerprint density at radius 1 is 0.886 bits per heavy atom. The van der Waals surface area contributed by atoms with Crippen molar-refractivity contribution in [2.75, 3.05) is 14.2 Å². The summed E-state index contributed by atoms with van der Waals surface area (Å²) in [4.78, 5) is 15.9. The van der Waals surface area contributed by atoms with E-state index in [0.29, 0.717) is 17.9 Å². The first-order chi connectivity index (χ1) is 21.2. The SMILES string of the molecule is CCC[CH2][Sn]([CH2]CCC)([CH2]CCC)/[C](=C/[C@H]1CCC(=O)N1Cc1ccc(OC)cc1OC)c1ccc(S(=O)(=O)C2CC2)cc1. The minimum atomic E-state index is -3.25. The molecule has 0 radical (unpaired) electrons. The normalized spacial score (nSPS) is 17.8. The molecule has 2 aromatic carbocycles. The van der Waals surface area contributed by atoms with E-state index in [1.54, 1.807) is 14.2 Å². The monoisotopic (exact) mass is 731 g/mol. The predicted molar refractivity (Wildman–Crippen MR) is 183 cm³/mol. The van der Waals surface area contributed by atoms with E-state index < -0.39 is 28.2 Å². The molecule has 2 aromatic rings. The molecule has 4 rings (SSSR count). The number of methoxy groups -OCH3 is 2. The number of sulfone groups is 1. The van der Waals surface area contributed by atoms with Crippen molar-refractivity contribution in [3.63, 3.8) is 0 Å². The van der Waals surface area contributed by atoms with Crippen LogP contribution in [0.4, 0.5) is 0 Å². The zero-order valence-electron chi connectivity index (χ0n) is 27.6. The van der Waals surface area contributed by atoms with Crippen molar-refractivity contribution in [3.8, 4) is 11.5 Å². The quantitative estimate of drug-likeness (QED) is 0.144. The van der Waals surface area contributed by atoms with Crippen molar-refractivity contribution in [1.29, 1.82) is 0 Å². The van der Waals surface area contributed by atoms with Gasteiger partial charge in [0.1, 0.15) is 0 Å². The van der Waals surface area contributed by atoms with E-state index in [4.69, 9.17) is 9.47 Å². The van der Waals surface area contributed by atoms with Gasteiger partial charge in [-0.2, -0.15) is 0 Å². The Morgan fingerprint density at radius 2 is 1.50 bits per heavy atom. The number of ether oxygens (including phenoxy) is 2. The van der Waals surface area contributed by atoms with Gasteiger partial charge in [-0.1, -0.05) is 0 Å². The summed E-state index contributed by atoms with van der Waals surface area (Å²) < 4.78 is 42.6. The number of benzene rings is 2. The van der Waals surface area contributed by atoms with Gasteiger partial charge in [0, 0.05) is 0 Å². The molecule has 1 amide bonds. The van der Waals surface area contributed by atoms with Gasteiger partial charge in [0.2, 0.25) is 0 Å². The van der Waals surface area contributed by atoms with Crippen molar-refractivity contribution in [3.05, 3.63) is 59.7 Å². The Hall–Kier alpha value is -2.00. The third-order valence-corrected chi connectivity index (χ3v) is 27.7. The van der Waals surface area contributed by atoms with Crippen LogP contribution in [-0.2, 0) is 21.2 Å². The molecule has 6 nitrogen and oxygen atoms in total. The number of carbonyl (C=O) groups excluding carboxylic acids is 1. The van der Waals surface area contributed by atoms with Gasteiger partial charge in [-0.05, 0) is 0 Å². The molecule has 0 N–H and O–H groups in total. The molecule has 1 atom stereocenters. The van der Waals surface area contributed by atoms with Gasteiger partial charge in [0.05, 0.1) is 0 Å².